The minimum Gasteiger partial charge on any atom is -0.478 e. The summed E-state index contributed by atoms with van der Waals surface area (Å²) in [5, 5.41) is 40.4. The van der Waals surface area contributed by atoms with Crippen LogP contribution in [0.4, 0.5) is 0 Å². The number of hydrogen-bond donors (Lipinski definition) is 4. The molecular formula is C28H44N6O8. The van der Waals surface area contributed by atoms with E-state index in [4.69, 9.17) is 25.7 Å². The number of aliphatic imine (C=N–C) groups is 1. The highest BCUT2D eigenvalue weighted by atomic mass is 16.4. The van der Waals surface area contributed by atoms with Crippen molar-refractivity contribution >= 4 is 29.8 Å². The lowest BCUT2D eigenvalue weighted by atomic mass is 10.2. The molecule has 234 valence electrons. The maximum Gasteiger partial charge on any atom is 0.328 e. The molecule has 14 heteroatoms. The Morgan fingerprint density at radius 1 is 0.714 bits per heavy atom. The zero-order chi connectivity index (χ0) is 31.5. The van der Waals surface area contributed by atoms with E-state index in [1.807, 2.05) is 6.19 Å². The Morgan fingerprint density at radius 3 is 1.33 bits per heavy atom. The van der Waals surface area contributed by atoms with Crippen molar-refractivity contribution in [2.24, 2.45) is 4.99 Å². The molecule has 3 aliphatic heterocycles. The molecule has 0 spiro atoms. The number of carboxylic acids is 4. The van der Waals surface area contributed by atoms with E-state index in [1.54, 1.807) is 0 Å². The van der Waals surface area contributed by atoms with Gasteiger partial charge in [0, 0.05) is 75.7 Å². The third kappa shape index (κ3) is 15.2. The SMILES string of the molecule is CC1CCCN1CCCN1CCN(CCCN2CCCC2C)C1=NC#N.O=C(O)C=CC(=O)O.O=C(O)C=CC(=O)O. The molecule has 3 saturated heterocycles. The molecule has 0 saturated carbocycles. The quantitative estimate of drug-likeness (QED) is 0.188. The van der Waals surface area contributed by atoms with Crippen LogP contribution in [0.2, 0.25) is 0 Å². The van der Waals surface area contributed by atoms with Crippen molar-refractivity contribution in [1.29, 1.82) is 5.26 Å². The number of likely N-dealkylation sites (tertiary alicyclic amines) is 2. The largest absolute Gasteiger partial charge is 0.478 e. The van der Waals surface area contributed by atoms with E-state index in [9.17, 15) is 19.2 Å². The van der Waals surface area contributed by atoms with Crippen LogP contribution >= 0.6 is 0 Å². The smallest absolute Gasteiger partial charge is 0.328 e. The Balaban J connectivity index is 0.000000454. The summed E-state index contributed by atoms with van der Waals surface area (Å²) in [7, 11) is 0. The molecule has 0 aromatic carbocycles. The molecule has 2 atom stereocenters. The van der Waals surface area contributed by atoms with Gasteiger partial charge in [-0.1, -0.05) is 0 Å². The van der Waals surface area contributed by atoms with Crippen molar-refractivity contribution in [3.63, 3.8) is 0 Å². The van der Waals surface area contributed by atoms with E-state index in [0.29, 0.717) is 24.3 Å². The number of guanidine groups is 1. The number of hydrogen-bond acceptors (Lipinski definition) is 8. The van der Waals surface area contributed by atoms with Crippen LogP contribution in [0.1, 0.15) is 52.4 Å². The lowest BCUT2D eigenvalue weighted by molar-refractivity contribution is -0.134. The van der Waals surface area contributed by atoms with E-state index in [-0.39, 0.29) is 0 Å². The van der Waals surface area contributed by atoms with E-state index < -0.39 is 23.9 Å². The zero-order valence-corrected chi connectivity index (χ0v) is 24.5. The van der Waals surface area contributed by atoms with Crippen LogP contribution in [-0.2, 0) is 19.2 Å². The van der Waals surface area contributed by atoms with Crippen molar-refractivity contribution in [3.8, 4) is 6.19 Å². The van der Waals surface area contributed by atoms with Crippen LogP contribution in [0.5, 0.6) is 0 Å². The van der Waals surface area contributed by atoms with Crippen LogP contribution in [0.3, 0.4) is 0 Å². The first kappa shape index (κ1) is 36.1. The van der Waals surface area contributed by atoms with Gasteiger partial charge >= 0.3 is 23.9 Å². The highest BCUT2D eigenvalue weighted by Gasteiger charge is 2.27. The number of aliphatic carboxylic acids is 4. The first-order valence-corrected chi connectivity index (χ1v) is 14.2. The lowest BCUT2D eigenvalue weighted by Gasteiger charge is -2.26. The fraction of sp³-hybridized carbons (Fsp3) is 0.643. The van der Waals surface area contributed by atoms with E-state index in [2.05, 4.69) is 38.4 Å². The summed E-state index contributed by atoms with van der Waals surface area (Å²) in [5.41, 5.74) is 0. The predicted molar refractivity (Wildman–Crippen MR) is 155 cm³/mol. The standard InChI is InChI=1S/C20H36N6.2C4H4O4/c1-18-7-3-9-23(18)11-5-13-25-15-16-26(20(25)22-17-21)14-6-12-24-10-4-8-19(24)2;2*5-3(6)1-2-4(7)8/h18-19H,3-16H2,1-2H3;2*1-2H,(H,5,6)(H,7,8). The van der Waals surface area contributed by atoms with E-state index in [1.165, 1.54) is 51.9 Å². The summed E-state index contributed by atoms with van der Waals surface area (Å²) >= 11 is 0. The molecule has 3 aliphatic rings. The van der Waals surface area contributed by atoms with Crippen molar-refractivity contribution in [2.75, 3.05) is 52.4 Å². The van der Waals surface area contributed by atoms with Gasteiger partial charge < -0.3 is 40.0 Å². The average Bonchev–Trinajstić information content (AvgIpc) is 3.64. The van der Waals surface area contributed by atoms with Gasteiger partial charge in [0.2, 0.25) is 12.2 Å². The van der Waals surface area contributed by atoms with Gasteiger partial charge in [0.05, 0.1) is 0 Å². The molecule has 0 aliphatic carbocycles. The van der Waals surface area contributed by atoms with Crippen LogP contribution in [-0.4, -0.2) is 134 Å². The van der Waals surface area contributed by atoms with Gasteiger partial charge in [0.1, 0.15) is 0 Å². The van der Waals surface area contributed by atoms with E-state index >= 15 is 0 Å². The third-order valence-corrected chi connectivity index (χ3v) is 7.22. The zero-order valence-electron chi connectivity index (χ0n) is 24.5. The van der Waals surface area contributed by atoms with Crippen LogP contribution in [0.25, 0.3) is 0 Å². The third-order valence-electron chi connectivity index (χ3n) is 7.22. The molecule has 0 radical (unpaired) electrons. The molecule has 4 N–H and O–H groups in total. The number of carbonyl (C=O) groups is 4. The average molecular weight is 593 g/mol. The van der Waals surface area contributed by atoms with Gasteiger partial charge in [-0.05, 0) is 65.5 Å². The molecule has 3 heterocycles. The molecule has 0 bridgehead atoms. The van der Waals surface area contributed by atoms with Gasteiger partial charge in [-0.15, -0.1) is 4.99 Å². The van der Waals surface area contributed by atoms with Crippen LogP contribution < -0.4 is 0 Å². The number of carboxylic acid groups (broad SMARTS) is 4. The van der Waals surface area contributed by atoms with Gasteiger partial charge in [0.25, 0.3) is 0 Å². The van der Waals surface area contributed by atoms with E-state index in [0.717, 1.165) is 57.1 Å². The Morgan fingerprint density at radius 2 is 1.07 bits per heavy atom. The molecule has 14 nitrogen and oxygen atoms in total. The van der Waals surface area contributed by atoms with Crippen molar-refractivity contribution in [2.45, 2.75) is 64.5 Å². The lowest BCUT2D eigenvalue weighted by Crippen LogP contribution is -2.37. The van der Waals surface area contributed by atoms with Gasteiger partial charge in [-0.25, -0.2) is 19.2 Å². The summed E-state index contributed by atoms with van der Waals surface area (Å²) in [6, 6.07) is 1.48. The topological polar surface area (TPSA) is 198 Å². The molecule has 42 heavy (non-hydrogen) atoms. The fourth-order valence-electron chi connectivity index (χ4n) is 5.12. The summed E-state index contributed by atoms with van der Waals surface area (Å²) in [6.07, 6.45) is 12.0. The minimum absolute atomic E-state index is 0.558. The van der Waals surface area contributed by atoms with Gasteiger partial charge in [-0.3, -0.25) is 0 Å². The second-order valence-electron chi connectivity index (χ2n) is 10.3. The minimum atomic E-state index is -1.26. The Hall–Kier alpha value is -3.96. The Bertz CT molecular complexity index is 922. The molecule has 3 fully saturated rings. The molecule has 0 amide bonds. The maximum absolute atomic E-state index is 9.55. The Labute approximate surface area is 246 Å². The van der Waals surface area contributed by atoms with Crippen LogP contribution in [0, 0.1) is 11.5 Å². The van der Waals surface area contributed by atoms with Gasteiger partial charge in [-0.2, -0.15) is 5.26 Å². The molecule has 0 aromatic rings. The highest BCUT2D eigenvalue weighted by Crippen LogP contribution is 2.18. The normalized spacial score (nSPS) is 20.6. The summed E-state index contributed by atoms with van der Waals surface area (Å²) in [5.74, 6) is -4.11. The number of nitriles is 1. The Kier molecular flexibility index (Phi) is 17.2. The summed E-state index contributed by atoms with van der Waals surface area (Å²) in [4.78, 5) is 52.2. The molecule has 0 aromatic heterocycles. The number of rotatable bonds is 12. The highest BCUT2D eigenvalue weighted by molar-refractivity contribution is 5.90. The monoisotopic (exact) mass is 592 g/mol. The van der Waals surface area contributed by atoms with Gasteiger partial charge in [0.15, 0.2) is 0 Å². The fourth-order valence-corrected chi connectivity index (χ4v) is 5.12. The van der Waals surface area contributed by atoms with Crippen molar-refractivity contribution < 1.29 is 39.6 Å². The van der Waals surface area contributed by atoms with Crippen molar-refractivity contribution in [3.05, 3.63) is 24.3 Å². The van der Waals surface area contributed by atoms with Crippen LogP contribution in [0.15, 0.2) is 29.3 Å². The predicted octanol–water partition coefficient (Wildman–Crippen LogP) is 1.61. The molecular weight excluding hydrogens is 548 g/mol. The van der Waals surface area contributed by atoms with Crippen molar-refractivity contribution in [1.82, 2.24) is 19.6 Å². The summed E-state index contributed by atoms with van der Waals surface area (Å²) < 4.78 is 0. The first-order valence-electron chi connectivity index (χ1n) is 14.2. The molecule has 3 rings (SSSR count). The summed E-state index contributed by atoms with van der Waals surface area (Å²) in [6.45, 7) is 13.6. The second kappa shape index (κ2) is 20.0. The first-order chi connectivity index (χ1) is 19.9. The number of nitrogens with zero attached hydrogens (tertiary/aromatic N) is 6. The molecule has 2 unspecified atom stereocenters. The second-order valence-corrected chi connectivity index (χ2v) is 10.3. The maximum atomic E-state index is 9.55.